The van der Waals surface area contributed by atoms with E-state index in [0.717, 1.165) is 13.1 Å². The molecule has 4 heteroatoms. The van der Waals surface area contributed by atoms with Crippen LogP contribution in [0.2, 0.25) is 0 Å². The van der Waals surface area contributed by atoms with Gasteiger partial charge in [-0.3, -0.25) is 14.6 Å². The molecule has 0 aliphatic carbocycles. The highest BCUT2D eigenvalue weighted by atomic mass is 16.4. The number of aliphatic carboxylic acids is 1. The first-order valence-electron chi connectivity index (χ1n) is 5.12. The summed E-state index contributed by atoms with van der Waals surface area (Å²) in [7, 11) is 2.10. The third-order valence-electron chi connectivity index (χ3n) is 3.29. The number of hydrogen-bond acceptors (Lipinski definition) is 3. The molecule has 0 aromatic rings. The second-order valence-electron chi connectivity index (χ2n) is 4.33. The molecule has 4 nitrogen and oxygen atoms in total. The highest BCUT2D eigenvalue weighted by molar-refractivity contribution is 5.72. The summed E-state index contributed by atoms with van der Waals surface area (Å²) in [5.41, 5.74) is 0. The van der Waals surface area contributed by atoms with E-state index in [1.54, 1.807) is 6.92 Å². The number of hydrogen-bond donors (Lipinski definition) is 1. The third-order valence-corrected chi connectivity index (χ3v) is 3.29. The first-order valence-corrected chi connectivity index (χ1v) is 5.12. The van der Waals surface area contributed by atoms with Crippen molar-refractivity contribution in [3.8, 4) is 0 Å². The van der Waals surface area contributed by atoms with Crippen LogP contribution in [-0.2, 0) is 4.79 Å². The van der Waals surface area contributed by atoms with Crippen molar-refractivity contribution in [3.63, 3.8) is 0 Å². The monoisotopic (exact) mass is 200 g/mol. The number of piperazine rings is 1. The minimum Gasteiger partial charge on any atom is -0.480 e. The molecule has 0 aromatic heterocycles. The Morgan fingerprint density at radius 2 is 1.79 bits per heavy atom. The van der Waals surface area contributed by atoms with Gasteiger partial charge in [-0.25, -0.2) is 0 Å². The number of carbonyl (C=O) groups is 1. The summed E-state index contributed by atoms with van der Waals surface area (Å²) >= 11 is 0. The van der Waals surface area contributed by atoms with E-state index in [2.05, 4.69) is 25.8 Å². The summed E-state index contributed by atoms with van der Waals surface area (Å²) in [5.74, 6) is -0.728. The lowest BCUT2D eigenvalue weighted by molar-refractivity contribution is -0.144. The van der Waals surface area contributed by atoms with Crippen LogP contribution in [0.15, 0.2) is 0 Å². The fourth-order valence-corrected chi connectivity index (χ4v) is 1.92. The van der Waals surface area contributed by atoms with Crippen LogP contribution >= 0.6 is 0 Å². The Hall–Kier alpha value is -0.610. The molecular weight excluding hydrogens is 180 g/mol. The molecule has 1 aliphatic rings. The lowest BCUT2D eigenvalue weighted by atomic mass is 10.1. The van der Waals surface area contributed by atoms with Gasteiger partial charge < -0.3 is 5.11 Å². The molecule has 1 N–H and O–H groups in total. The quantitative estimate of drug-likeness (QED) is 0.704. The average Bonchev–Trinajstić information content (AvgIpc) is 2.12. The van der Waals surface area contributed by atoms with Crippen LogP contribution in [0.5, 0.6) is 0 Å². The van der Waals surface area contributed by atoms with E-state index < -0.39 is 5.97 Å². The maximum absolute atomic E-state index is 10.8. The van der Waals surface area contributed by atoms with Gasteiger partial charge in [-0.2, -0.15) is 0 Å². The Kier molecular flexibility index (Phi) is 3.50. The molecule has 1 rings (SSSR count). The van der Waals surface area contributed by atoms with E-state index in [1.807, 2.05) is 4.90 Å². The van der Waals surface area contributed by atoms with Crippen LogP contribution in [-0.4, -0.2) is 59.1 Å². The van der Waals surface area contributed by atoms with Crippen molar-refractivity contribution in [2.24, 2.45) is 0 Å². The maximum atomic E-state index is 10.8. The van der Waals surface area contributed by atoms with Crippen molar-refractivity contribution in [2.45, 2.75) is 38.9 Å². The second-order valence-corrected chi connectivity index (χ2v) is 4.33. The molecule has 1 saturated heterocycles. The number of carboxylic acid groups (broad SMARTS) is 1. The summed E-state index contributed by atoms with van der Waals surface area (Å²) in [6.07, 6.45) is 0. The molecule has 0 amide bonds. The van der Waals surface area contributed by atoms with Crippen molar-refractivity contribution in [1.29, 1.82) is 0 Å². The van der Waals surface area contributed by atoms with Crippen LogP contribution in [0, 0.1) is 0 Å². The van der Waals surface area contributed by atoms with Gasteiger partial charge >= 0.3 is 5.97 Å². The van der Waals surface area contributed by atoms with E-state index in [4.69, 9.17) is 5.11 Å². The predicted octanol–water partition coefficient (Wildman–Crippen LogP) is 0.484. The van der Waals surface area contributed by atoms with E-state index in [-0.39, 0.29) is 6.04 Å². The van der Waals surface area contributed by atoms with E-state index >= 15 is 0 Å². The van der Waals surface area contributed by atoms with E-state index in [9.17, 15) is 4.79 Å². The minimum atomic E-state index is -0.728. The molecule has 0 aromatic carbocycles. The Labute approximate surface area is 85.5 Å². The van der Waals surface area contributed by atoms with Crippen LogP contribution in [0.1, 0.15) is 20.8 Å². The zero-order chi connectivity index (χ0) is 10.9. The number of carboxylic acids is 1. The largest absolute Gasteiger partial charge is 0.480 e. The summed E-state index contributed by atoms with van der Waals surface area (Å²) in [6, 6.07) is 0.495. The number of nitrogens with zero attached hydrogens (tertiary/aromatic N) is 2. The topological polar surface area (TPSA) is 43.8 Å². The number of rotatable bonds is 2. The van der Waals surface area contributed by atoms with Crippen LogP contribution in [0.4, 0.5) is 0 Å². The second kappa shape index (κ2) is 4.28. The number of likely N-dealkylation sites (N-methyl/N-ethyl adjacent to an activating group) is 1. The first kappa shape index (κ1) is 11.5. The van der Waals surface area contributed by atoms with Gasteiger partial charge in [-0.05, 0) is 27.8 Å². The summed E-state index contributed by atoms with van der Waals surface area (Å²) in [6.45, 7) is 7.71. The third kappa shape index (κ3) is 2.25. The lowest BCUT2D eigenvalue weighted by Crippen LogP contribution is -2.58. The Balaban J connectivity index is 2.62. The van der Waals surface area contributed by atoms with Gasteiger partial charge in [-0.1, -0.05) is 0 Å². The molecule has 1 fully saturated rings. The van der Waals surface area contributed by atoms with Gasteiger partial charge in [0.25, 0.3) is 0 Å². The van der Waals surface area contributed by atoms with E-state index in [0.29, 0.717) is 12.1 Å². The molecule has 1 heterocycles. The SMILES string of the molecule is CC(C(=O)O)N1C[C@H](C)N(C)[C@@H](C)C1. The van der Waals surface area contributed by atoms with Crippen molar-refractivity contribution in [1.82, 2.24) is 9.80 Å². The molecule has 0 radical (unpaired) electrons. The Morgan fingerprint density at radius 1 is 1.36 bits per heavy atom. The van der Waals surface area contributed by atoms with Crippen LogP contribution in [0.25, 0.3) is 0 Å². The molecule has 0 bridgehead atoms. The molecule has 3 atom stereocenters. The molecule has 1 aliphatic heterocycles. The fraction of sp³-hybridized carbons (Fsp3) is 0.900. The normalized spacial score (nSPS) is 32.9. The molecule has 82 valence electrons. The van der Waals surface area contributed by atoms with Gasteiger partial charge in [-0.15, -0.1) is 0 Å². The zero-order valence-electron chi connectivity index (χ0n) is 9.40. The van der Waals surface area contributed by atoms with Crippen molar-refractivity contribution in [3.05, 3.63) is 0 Å². The summed E-state index contributed by atoms with van der Waals surface area (Å²) in [5, 5.41) is 8.92. The predicted molar refractivity (Wildman–Crippen MR) is 55.4 cm³/mol. The summed E-state index contributed by atoms with van der Waals surface area (Å²) < 4.78 is 0. The summed E-state index contributed by atoms with van der Waals surface area (Å²) in [4.78, 5) is 15.2. The Bertz CT molecular complexity index is 208. The molecule has 14 heavy (non-hydrogen) atoms. The zero-order valence-corrected chi connectivity index (χ0v) is 9.40. The average molecular weight is 200 g/mol. The van der Waals surface area contributed by atoms with E-state index in [1.165, 1.54) is 0 Å². The molecule has 0 saturated carbocycles. The molecule has 1 unspecified atom stereocenters. The smallest absolute Gasteiger partial charge is 0.320 e. The lowest BCUT2D eigenvalue weighted by Gasteiger charge is -2.43. The van der Waals surface area contributed by atoms with Crippen molar-refractivity contribution >= 4 is 5.97 Å². The van der Waals surface area contributed by atoms with Gasteiger partial charge in [0.1, 0.15) is 6.04 Å². The van der Waals surface area contributed by atoms with Gasteiger partial charge in [0.05, 0.1) is 0 Å². The van der Waals surface area contributed by atoms with Gasteiger partial charge in [0.15, 0.2) is 0 Å². The minimum absolute atomic E-state index is 0.367. The maximum Gasteiger partial charge on any atom is 0.320 e. The standard InChI is InChI=1S/C10H20N2O2/c1-7-5-12(9(3)10(13)14)6-8(2)11(7)4/h7-9H,5-6H2,1-4H3,(H,13,14)/t7-,8-,9?/m0/s1. The van der Waals surface area contributed by atoms with Crippen molar-refractivity contribution < 1.29 is 9.90 Å². The van der Waals surface area contributed by atoms with Gasteiger partial charge in [0.2, 0.25) is 0 Å². The van der Waals surface area contributed by atoms with Crippen LogP contribution < -0.4 is 0 Å². The highest BCUT2D eigenvalue weighted by Gasteiger charge is 2.31. The Morgan fingerprint density at radius 3 is 2.14 bits per heavy atom. The highest BCUT2D eigenvalue weighted by Crippen LogP contribution is 2.15. The van der Waals surface area contributed by atoms with Gasteiger partial charge in [0, 0.05) is 25.2 Å². The van der Waals surface area contributed by atoms with Crippen molar-refractivity contribution in [2.75, 3.05) is 20.1 Å². The first-order chi connectivity index (χ1) is 6.43. The molecular formula is C10H20N2O2. The van der Waals surface area contributed by atoms with Crippen LogP contribution in [0.3, 0.4) is 0 Å². The molecule has 0 spiro atoms. The fourth-order valence-electron chi connectivity index (χ4n) is 1.92.